The Balaban J connectivity index is 2.74. The fraction of sp³-hybridized carbons (Fsp3) is 0.455. The maximum Gasteiger partial charge on any atom is 0.161 e. The Labute approximate surface area is 78.6 Å². The minimum absolute atomic E-state index is 0.0251. The number of ketones is 1. The lowest BCUT2D eigenvalue weighted by Crippen LogP contribution is -2.14. The normalized spacial score (nSPS) is 21.1. The van der Waals surface area contributed by atoms with Crippen LogP contribution < -0.4 is 0 Å². The number of carbonyl (C=O) groups is 1. The third-order valence-electron chi connectivity index (χ3n) is 2.09. The molecule has 2 nitrogen and oxygen atoms in total. The molecule has 0 spiro atoms. The molecule has 0 saturated carbocycles. The maximum absolute atomic E-state index is 11.5. The fourth-order valence-corrected chi connectivity index (χ4v) is 1.32. The van der Waals surface area contributed by atoms with Crippen LogP contribution in [0.5, 0.6) is 0 Å². The summed E-state index contributed by atoms with van der Waals surface area (Å²) in [5.41, 5.74) is 0.782. The van der Waals surface area contributed by atoms with Crippen LogP contribution in [0.3, 0.4) is 0 Å². The predicted octanol–water partition coefficient (Wildman–Crippen LogP) is 2.24. The molecule has 0 aromatic carbocycles. The molecule has 0 bridgehead atoms. The van der Waals surface area contributed by atoms with E-state index in [0.717, 1.165) is 5.57 Å². The number of Topliss-reactive ketones (excluding diaryl/α,β-unsaturated/α-hetero) is 1. The molecule has 13 heavy (non-hydrogen) atoms. The van der Waals surface area contributed by atoms with Gasteiger partial charge in [-0.05, 0) is 12.0 Å². The molecule has 0 amide bonds. The second-order valence-electron chi connectivity index (χ2n) is 3.54. The van der Waals surface area contributed by atoms with E-state index in [1.807, 2.05) is 26.0 Å². The average molecular weight is 175 g/mol. The van der Waals surface area contributed by atoms with E-state index in [9.17, 15) is 4.79 Å². The van der Waals surface area contributed by atoms with Gasteiger partial charge in [0.2, 0.25) is 0 Å². The van der Waals surface area contributed by atoms with Gasteiger partial charge < -0.3 is 0 Å². The summed E-state index contributed by atoms with van der Waals surface area (Å²) in [6, 6.07) is 2.15. The predicted molar refractivity (Wildman–Crippen MR) is 50.8 cm³/mol. The summed E-state index contributed by atoms with van der Waals surface area (Å²) in [4.78, 5) is 11.5. The van der Waals surface area contributed by atoms with Crippen molar-refractivity contribution in [3.05, 3.63) is 23.8 Å². The highest BCUT2D eigenvalue weighted by molar-refractivity contribution is 5.97. The second-order valence-corrected chi connectivity index (χ2v) is 3.54. The molecule has 0 N–H and O–H groups in total. The van der Waals surface area contributed by atoms with E-state index in [4.69, 9.17) is 5.26 Å². The number of carbonyl (C=O) groups excluding carboxylic acids is 1. The van der Waals surface area contributed by atoms with Gasteiger partial charge in [0, 0.05) is 5.92 Å². The zero-order valence-corrected chi connectivity index (χ0v) is 7.95. The minimum Gasteiger partial charge on any atom is -0.294 e. The molecule has 0 saturated heterocycles. The van der Waals surface area contributed by atoms with E-state index in [-0.39, 0.29) is 17.6 Å². The first-order chi connectivity index (χ1) is 6.15. The lowest BCUT2D eigenvalue weighted by atomic mass is 9.89. The van der Waals surface area contributed by atoms with Crippen LogP contribution in [0.1, 0.15) is 20.3 Å². The molecule has 0 aromatic rings. The average Bonchev–Trinajstić information content (AvgIpc) is 2.16. The van der Waals surface area contributed by atoms with Crippen molar-refractivity contribution in [3.63, 3.8) is 0 Å². The van der Waals surface area contributed by atoms with Crippen LogP contribution in [0.25, 0.3) is 0 Å². The molecule has 1 atom stereocenters. The Morgan fingerprint density at radius 2 is 2.38 bits per heavy atom. The molecule has 68 valence electrons. The maximum atomic E-state index is 11.5. The van der Waals surface area contributed by atoms with Gasteiger partial charge in [-0.15, -0.1) is 0 Å². The fourth-order valence-electron chi connectivity index (χ4n) is 1.32. The smallest absolute Gasteiger partial charge is 0.161 e. The van der Waals surface area contributed by atoms with Crippen molar-refractivity contribution in [2.24, 2.45) is 11.8 Å². The number of allylic oxidation sites excluding steroid dienone is 4. The summed E-state index contributed by atoms with van der Waals surface area (Å²) in [5.74, 6) is 0.0596. The molecule has 0 aliphatic heterocycles. The van der Waals surface area contributed by atoms with Crippen LogP contribution >= 0.6 is 0 Å². The van der Waals surface area contributed by atoms with E-state index in [1.54, 1.807) is 6.08 Å². The topological polar surface area (TPSA) is 40.9 Å². The highest BCUT2D eigenvalue weighted by Crippen LogP contribution is 2.20. The van der Waals surface area contributed by atoms with Gasteiger partial charge in [0.05, 0.1) is 12.0 Å². The summed E-state index contributed by atoms with van der Waals surface area (Å²) in [6.07, 6.45) is 6.02. The number of hydrogen-bond acceptors (Lipinski definition) is 2. The Morgan fingerprint density at radius 1 is 1.69 bits per heavy atom. The molecule has 2 heteroatoms. The van der Waals surface area contributed by atoms with Gasteiger partial charge in [-0.3, -0.25) is 4.79 Å². The van der Waals surface area contributed by atoms with Gasteiger partial charge in [0.15, 0.2) is 5.78 Å². The van der Waals surface area contributed by atoms with Crippen LogP contribution in [-0.2, 0) is 4.79 Å². The van der Waals surface area contributed by atoms with Crippen molar-refractivity contribution in [1.29, 1.82) is 5.26 Å². The van der Waals surface area contributed by atoms with Crippen LogP contribution in [0.4, 0.5) is 0 Å². The van der Waals surface area contributed by atoms with E-state index in [0.29, 0.717) is 6.42 Å². The van der Waals surface area contributed by atoms with Crippen molar-refractivity contribution in [3.8, 4) is 6.07 Å². The number of hydrogen-bond donors (Lipinski definition) is 0. The van der Waals surface area contributed by atoms with Gasteiger partial charge in [-0.1, -0.05) is 32.1 Å². The van der Waals surface area contributed by atoms with Gasteiger partial charge in [-0.2, -0.15) is 5.26 Å². The van der Waals surface area contributed by atoms with Crippen molar-refractivity contribution in [1.82, 2.24) is 0 Å². The van der Waals surface area contributed by atoms with E-state index in [2.05, 4.69) is 6.07 Å². The molecule has 1 rings (SSSR count). The van der Waals surface area contributed by atoms with Gasteiger partial charge in [0.1, 0.15) is 0 Å². The van der Waals surface area contributed by atoms with Crippen LogP contribution in [0, 0.1) is 23.2 Å². The summed E-state index contributed by atoms with van der Waals surface area (Å²) >= 11 is 0. The third kappa shape index (κ3) is 2.29. The van der Waals surface area contributed by atoms with E-state index >= 15 is 0 Å². The van der Waals surface area contributed by atoms with Crippen molar-refractivity contribution < 1.29 is 4.79 Å². The first-order valence-electron chi connectivity index (χ1n) is 4.46. The highest BCUT2D eigenvalue weighted by Gasteiger charge is 2.18. The highest BCUT2D eigenvalue weighted by atomic mass is 16.1. The Morgan fingerprint density at radius 3 is 2.92 bits per heavy atom. The first-order valence-corrected chi connectivity index (χ1v) is 4.46. The SMILES string of the molecule is CC(C)C(=O)C1=CC=CC(C#N)C1. The van der Waals surface area contributed by atoms with Crippen molar-refractivity contribution >= 4 is 5.78 Å². The molecule has 1 aliphatic rings. The van der Waals surface area contributed by atoms with E-state index < -0.39 is 0 Å². The molecule has 1 unspecified atom stereocenters. The monoisotopic (exact) mass is 175 g/mol. The quantitative estimate of drug-likeness (QED) is 0.645. The zero-order valence-electron chi connectivity index (χ0n) is 7.95. The number of nitriles is 1. The number of rotatable bonds is 2. The Bertz CT molecular complexity index is 305. The Hall–Kier alpha value is -1.36. The molecule has 0 radical (unpaired) electrons. The zero-order chi connectivity index (χ0) is 9.84. The summed E-state index contributed by atoms with van der Waals surface area (Å²) < 4.78 is 0. The van der Waals surface area contributed by atoms with Crippen molar-refractivity contribution in [2.45, 2.75) is 20.3 Å². The van der Waals surface area contributed by atoms with Gasteiger partial charge >= 0.3 is 0 Å². The largest absolute Gasteiger partial charge is 0.294 e. The van der Waals surface area contributed by atoms with Crippen molar-refractivity contribution in [2.75, 3.05) is 0 Å². The lowest BCUT2D eigenvalue weighted by molar-refractivity contribution is -0.118. The van der Waals surface area contributed by atoms with Crippen LogP contribution in [0.2, 0.25) is 0 Å². The lowest BCUT2D eigenvalue weighted by Gasteiger charge is -2.13. The minimum atomic E-state index is -0.123. The Kier molecular flexibility index (Phi) is 3.02. The van der Waals surface area contributed by atoms with Gasteiger partial charge in [0.25, 0.3) is 0 Å². The van der Waals surface area contributed by atoms with Crippen LogP contribution in [-0.4, -0.2) is 5.78 Å². The third-order valence-corrected chi connectivity index (χ3v) is 2.09. The summed E-state index contributed by atoms with van der Waals surface area (Å²) in [6.45, 7) is 3.76. The molecular formula is C11H13NO. The van der Waals surface area contributed by atoms with Gasteiger partial charge in [-0.25, -0.2) is 0 Å². The molecule has 0 aromatic heterocycles. The molecular weight excluding hydrogens is 162 g/mol. The van der Waals surface area contributed by atoms with Crippen LogP contribution in [0.15, 0.2) is 23.8 Å². The standard InChI is InChI=1S/C11H13NO/c1-8(2)11(13)10-5-3-4-9(6-10)7-12/h3-5,8-9H,6H2,1-2H3. The molecule has 0 fully saturated rings. The first kappa shape index (κ1) is 9.73. The summed E-state index contributed by atoms with van der Waals surface area (Å²) in [7, 11) is 0. The summed E-state index contributed by atoms with van der Waals surface area (Å²) in [5, 5.41) is 8.69. The second kappa shape index (κ2) is 4.04. The van der Waals surface area contributed by atoms with E-state index in [1.165, 1.54) is 0 Å². The number of nitrogens with zero attached hydrogens (tertiary/aromatic N) is 1. The molecule has 0 heterocycles. The molecule has 1 aliphatic carbocycles.